The summed E-state index contributed by atoms with van der Waals surface area (Å²) in [6, 6.07) is 0.449. The number of aromatic amines is 1. The van der Waals surface area contributed by atoms with Crippen molar-refractivity contribution in [2.45, 2.75) is 13.0 Å². The lowest BCUT2D eigenvalue weighted by molar-refractivity contribution is 0.735. The molecule has 1 atom stereocenters. The fourth-order valence-corrected chi connectivity index (χ4v) is 2.24. The van der Waals surface area contributed by atoms with E-state index < -0.39 is 0 Å². The van der Waals surface area contributed by atoms with Crippen molar-refractivity contribution >= 4 is 29.1 Å². The lowest BCUT2D eigenvalue weighted by Gasteiger charge is -2.06. The molecule has 0 aliphatic carbocycles. The highest BCUT2D eigenvalue weighted by molar-refractivity contribution is 7.73. The van der Waals surface area contributed by atoms with Gasteiger partial charge in [0, 0.05) is 18.0 Å². The van der Waals surface area contributed by atoms with Crippen LogP contribution in [0.15, 0.2) is 11.5 Å². The third-order valence-electron chi connectivity index (χ3n) is 2.04. The van der Waals surface area contributed by atoms with Crippen LogP contribution in [0.5, 0.6) is 0 Å². The number of rotatable bonds is 1. The van der Waals surface area contributed by atoms with Crippen molar-refractivity contribution < 1.29 is 0 Å². The first-order chi connectivity index (χ1) is 5.77. The minimum atomic E-state index is 0.449. The summed E-state index contributed by atoms with van der Waals surface area (Å²) in [5, 5.41) is 5.42. The van der Waals surface area contributed by atoms with Gasteiger partial charge < -0.3 is 10.3 Å². The van der Waals surface area contributed by atoms with Gasteiger partial charge in [-0.1, -0.05) is 6.08 Å². The van der Waals surface area contributed by atoms with Crippen LogP contribution in [0, 0.1) is 3.95 Å². The minimum absolute atomic E-state index is 0.449. The Hall–Kier alpha value is -0.450. The van der Waals surface area contributed by atoms with Crippen LogP contribution >= 0.6 is 23.6 Å². The van der Waals surface area contributed by atoms with Crippen molar-refractivity contribution in [1.29, 1.82) is 0 Å². The maximum Gasteiger partial charge on any atom is 0.158 e. The molecule has 0 saturated heterocycles. The average Bonchev–Trinajstić information content (AvgIpc) is 2.58. The fourth-order valence-electron chi connectivity index (χ4n) is 1.40. The van der Waals surface area contributed by atoms with Gasteiger partial charge in [0.2, 0.25) is 0 Å². The Morgan fingerprint density at radius 2 is 2.50 bits per heavy atom. The van der Waals surface area contributed by atoms with E-state index in [4.69, 9.17) is 12.2 Å². The van der Waals surface area contributed by atoms with Crippen LogP contribution in [0.25, 0.3) is 5.57 Å². The number of H-pyrrole nitrogens is 1. The zero-order chi connectivity index (χ0) is 8.55. The monoisotopic (exact) mass is 198 g/mol. The Bertz CT molecular complexity index is 361. The Morgan fingerprint density at radius 1 is 1.67 bits per heavy atom. The number of aromatic nitrogens is 1. The maximum atomic E-state index is 5.02. The summed E-state index contributed by atoms with van der Waals surface area (Å²) >= 11 is 6.61. The molecule has 0 aromatic carbocycles. The van der Waals surface area contributed by atoms with Crippen molar-refractivity contribution in [1.82, 2.24) is 10.3 Å². The number of nitrogens with one attached hydrogen (secondary N) is 2. The average molecular weight is 198 g/mol. The molecule has 0 radical (unpaired) electrons. The molecule has 2 heterocycles. The minimum Gasteiger partial charge on any atom is -0.337 e. The van der Waals surface area contributed by atoms with Crippen LogP contribution in [-0.2, 0) is 0 Å². The second-order valence-electron chi connectivity index (χ2n) is 2.85. The van der Waals surface area contributed by atoms with E-state index in [1.165, 1.54) is 11.3 Å². The van der Waals surface area contributed by atoms with E-state index in [1.807, 2.05) is 0 Å². The number of hydrogen-bond acceptors (Lipinski definition) is 3. The summed E-state index contributed by atoms with van der Waals surface area (Å²) in [4.78, 5) is 3.17. The molecule has 0 spiro atoms. The van der Waals surface area contributed by atoms with Crippen molar-refractivity contribution in [3.05, 3.63) is 21.1 Å². The van der Waals surface area contributed by atoms with E-state index in [1.54, 1.807) is 11.3 Å². The molecule has 0 saturated carbocycles. The lowest BCUT2D eigenvalue weighted by atomic mass is 10.1. The van der Waals surface area contributed by atoms with Crippen LogP contribution in [0.1, 0.15) is 12.6 Å². The molecular formula is C8H10N2S2. The summed E-state index contributed by atoms with van der Waals surface area (Å²) in [5.74, 6) is 0. The molecule has 0 bridgehead atoms. The van der Waals surface area contributed by atoms with Crippen LogP contribution in [0.2, 0.25) is 0 Å². The molecule has 1 aromatic heterocycles. The highest BCUT2D eigenvalue weighted by atomic mass is 32.1. The van der Waals surface area contributed by atoms with Gasteiger partial charge in [-0.15, -0.1) is 11.3 Å². The molecule has 64 valence electrons. The normalized spacial score (nSPS) is 22.8. The van der Waals surface area contributed by atoms with Crippen molar-refractivity contribution in [2.24, 2.45) is 0 Å². The van der Waals surface area contributed by atoms with Crippen LogP contribution in [-0.4, -0.2) is 17.6 Å². The zero-order valence-corrected chi connectivity index (χ0v) is 8.39. The molecule has 2 N–H and O–H groups in total. The molecule has 1 aliphatic rings. The maximum absolute atomic E-state index is 5.02. The summed E-state index contributed by atoms with van der Waals surface area (Å²) < 4.78 is 0.852. The SMILES string of the molecule is C[C@@H]1NCC=C1c1csc(=S)[nH]1. The summed E-state index contributed by atoms with van der Waals surface area (Å²) in [7, 11) is 0. The third-order valence-corrected chi connectivity index (χ3v) is 3.10. The summed E-state index contributed by atoms with van der Waals surface area (Å²) in [5.41, 5.74) is 2.50. The first-order valence-electron chi connectivity index (χ1n) is 3.89. The van der Waals surface area contributed by atoms with Gasteiger partial charge in [0.1, 0.15) is 0 Å². The zero-order valence-electron chi connectivity index (χ0n) is 6.76. The molecule has 12 heavy (non-hydrogen) atoms. The van der Waals surface area contributed by atoms with E-state index >= 15 is 0 Å². The van der Waals surface area contributed by atoms with Gasteiger partial charge in [0.05, 0.1) is 5.69 Å². The van der Waals surface area contributed by atoms with Crippen LogP contribution < -0.4 is 5.32 Å². The van der Waals surface area contributed by atoms with E-state index in [2.05, 4.69) is 28.7 Å². The molecular weight excluding hydrogens is 188 g/mol. The lowest BCUT2D eigenvalue weighted by Crippen LogP contribution is -2.20. The second kappa shape index (κ2) is 3.12. The first kappa shape index (κ1) is 8.16. The van der Waals surface area contributed by atoms with Gasteiger partial charge in [0.25, 0.3) is 0 Å². The molecule has 1 aliphatic heterocycles. The first-order valence-corrected chi connectivity index (χ1v) is 5.18. The van der Waals surface area contributed by atoms with E-state index in [0.29, 0.717) is 6.04 Å². The van der Waals surface area contributed by atoms with Gasteiger partial charge >= 0.3 is 0 Å². The molecule has 1 aromatic rings. The van der Waals surface area contributed by atoms with Crippen LogP contribution in [0.4, 0.5) is 0 Å². The Morgan fingerprint density at radius 3 is 3.00 bits per heavy atom. The molecule has 0 amide bonds. The predicted molar refractivity (Wildman–Crippen MR) is 54.9 cm³/mol. The standard InChI is InChI=1S/C8H10N2S2/c1-5-6(2-3-9-5)7-4-12-8(11)10-7/h2,4-5,9H,3H2,1H3,(H,10,11)/t5-/m0/s1. The van der Waals surface area contributed by atoms with Crippen molar-refractivity contribution in [3.63, 3.8) is 0 Å². The van der Waals surface area contributed by atoms with Gasteiger partial charge in [0.15, 0.2) is 3.95 Å². The van der Waals surface area contributed by atoms with Gasteiger partial charge in [-0.25, -0.2) is 0 Å². The van der Waals surface area contributed by atoms with E-state index in [9.17, 15) is 0 Å². The van der Waals surface area contributed by atoms with E-state index in [-0.39, 0.29) is 0 Å². The highest BCUT2D eigenvalue weighted by Crippen LogP contribution is 2.21. The molecule has 4 heteroatoms. The third kappa shape index (κ3) is 1.37. The smallest absolute Gasteiger partial charge is 0.158 e. The van der Waals surface area contributed by atoms with Gasteiger partial charge in [-0.2, -0.15) is 0 Å². The van der Waals surface area contributed by atoms with E-state index in [0.717, 1.165) is 10.5 Å². The predicted octanol–water partition coefficient (Wildman–Crippen LogP) is 2.18. The Kier molecular flexibility index (Phi) is 2.12. The Balaban J connectivity index is 2.36. The second-order valence-corrected chi connectivity index (χ2v) is 4.40. The molecule has 0 unspecified atom stereocenters. The fraction of sp³-hybridized carbons (Fsp3) is 0.375. The molecule has 2 rings (SSSR count). The summed E-state index contributed by atoms with van der Waals surface area (Å²) in [6.07, 6.45) is 2.21. The Labute approximate surface area is 80.3 Å². The van der Waals surface area contributed by atoms with Crippen molar-refractivity contribution in [3.8, 4) is 0 Å². The quantitative estimate of drug-likeness (QED) is 0.677. The molecule has 0 fully saturated rings. The highest BCUT2D eigenvalue weighted by Gasteiger charge is 2.15. The van der Waals surface area contributed by atoms with Crippen molar-refractivity contribution in [2.75, 3.05) is 6.54 Å². The topological polar surface area (TPSA) is 27.8 Å². The van der Waals surface area contributed by atoms with Crippen LogP contribution in [0.3, 0.4) is 0 Å². The molecule has 2 nitrogen and oxygen atoms in total. The number of thiazole rings is 1. The number of hydrogen-bond donors (Lipinski definition) is 2. The largest absolute Gasteiger partial charge is 0.337 e. The summed E-state index contributed by atoms with van der Waals surface area (Å²) in [6.45, 7) is 3.13. The van der Waals surface area contributed by atoms with Gasteiger partial charge in [-0.3, -0.25) is 0 Å². The van der Waals surface area contributed by atoms with Gasteiger partial charge in [-0.05, 0) is 24.7 Å².